The first-order valence-corrected chi connectivity index (χ1v) is 5.11. The van der Waals surface area contributed by atoms with Crippen molar-refractivity contribution in [2.75, 3.05) is 20.1 Å². The van der Waals surface area contributed by atoms with Gasteiger partial charge in [-0.15, -0.1) is 0 Å². The van der Waals surface area contributed by atoms with Gasteiger partial charge in [0.25, 0.3) is 0 Å². The van der Waals surface area contributed by atoms with Crippen molar-refractivity contribution >= 4 is 0 Å². The van der Waals surface area contributed by atoms with Gasteiger partial charge in [0, 0.05) is 25.4 Å². The first kappa shape index (κ1) is 9.46. The molecule has 2 rings (SSSR count). The molecule has 0 radical (unpaired) electrons. The van der Waals surface area contributed by atoms with Gasteiger partial charge in [-0.05, 0) is 26.0 Å². The van der Waals surface area contributed by atoms with Gasteiger partial charge in [-0.25, -0.2) is 4.98 Å². The lowest BCUT2D eigenvalue weighted by atomic mass is 10.1. The molecule has 76 valence electrons. The molecule has 0 amide bonds. The zero-order valence-electron chi connectivity index (χ0n) is 8.52. The number of aromatic nitrogens is 1. The molecule has 0 aliphatic carbocycles. The van der Waals surface area contributed by atoms with Crippen LogP contribution in [-0.2, 0) is 0 Å². The molecule has 14 heavy (non-hydrogen) atoms. The minimum atomic E-state index is 0.348. The third-order valence-corrected chi connectivity index (χ3v) is 2.59. The highest BCUT2D eigenvalue weighted by Gasteiger charge is 2.17. The van der Waals surface area contributed by atoms with Crippen LogP contribution in [-0.4, -0.2) is 36.1 Å². The van der Waals surface area contributed by atoms with E-state index < -0.39 is 0 Å². The zero-order chi connectivity index (χ0) is 9.80. The summed E-state index contributed by atoms with van der Waals surface area (Å²) in [5, 5.41) is 0. The van der Waals surface area contributed by atoms with Crippen molar-refractivity contribution < 1.29 is 4.74 Å². The van der Waals surface area contributed by atoms with E-state index in [-0.39, 0.29) is 0 Å². The lowest BCUT2D eigenvalue weighted by Crippen LogP contribution is -2.35. The Morgan fingerprint density at radius 2 is 2.14 bits per heavy atom. The van der Waals surface area contributed by atoms with Gasteiger partial charge < -0.3 is 9.64 Å². The van der Waals surface area contributed by atoms with Crippen molar-refractivity contribution in [3.8, 4) is 5.88 Å². The molecule has 0 spiro atoms. The molecule has 1 fully saturated rings. The molecule has 0 saturated carbocycles. The number of likely N-dealkylation sites (tertiary alicyclic amines) is 1. The van der Waals surface area contributed by atoms with E-state index in [1.54, 1.807) is 6.20 Å². The molecule has 1 aliphatic heterocycles. The standard InChI is InChI=1S/C11H16N2O/c1-13-8-5-10(6-9-13)14-11-4-2-3-7-12-11/h2-4,7,10H,5-6,8-9H2,1H3. The van der Waals surface area contributed by atoms with Crippen LogP contribution in [0.1, 0.15) is 12.8 Å². The molecule has 1 aromatic rings. The van der Waals surface area contributed by atoms with Gasteiger partial charge in [-0.2, -0.15) is 0 Å². The fraction of sp³-hybridized carbons (Fsp3) is 0.545. The van der Waals surface area contributed by atoms with Gasteiger partial charge >= 0.3 is 0 Å². The average Bonchev–Trinajstić information content (AvgIpc) is 2.23. The fourth-order valence-electron chi connectivity index (χ4n) is 1.69. The first-order valence-electron chi connectivity index (χ1n) is 5.11. The summed E-state index contributed by atoms with van der Waals surface area (Å²) >= 11 is 0. The quantitative estimate of drug-likeness (QED) is 0.711. The lowest BCUT2D eigenvalue weighted by Gasteiger charge is -2.28. The van der Waals surface area contributed by atoms with Crippen LogP contribution in [0.25, 0.3) is 0 Å². The van der Waals surface area contributed by atoms with Crippen molar-refractivity contribution in [1.29, 1.82) is 0 Å². The second-order valence-electron chi connectivity index (χ2n) is 3.79. The van der Waals surface area contributed by atoms with E-state index >= 15 is 0 Å². The van der Waals surface area contributed by atoms with E-state index in [1.165, 1.54) is 0 Å². The summed E-state index contributed by atoms with van der Waals surface area (Å²) in [6.07, 6.45) is 4.32. The molecule has 0 unspecified atom stereocenters. The molecule has 0 aromatic carbocycles. The SMILES string of the molecule is CN1CCC(Oc2ccccn2)CC1. The van der Waals surface area contributed by atoms with E-state index in [9.17, 15) is 0 Å². The topological polar surface area (TPSA) is 25.4 Å². The normalized spacial score (nSPS) is 19.5. The highest BCUT2D eigenvalue weighted by atomic mass is 16.5. The first-order chi connectivity index (χ1) is 6.84. The predicted octanol–water partition coefficient (Wildman–Crippen LogP) is 1.55. The van der Waals surface area contributed by atoms with Gasteiger partial charge in [0.2, 0.25) is 5.88 Å². The van der Waals surface area contributed by atoms with Gasteiger partial charge in [0.05, 0.1) is 0 Å². The molecule has 0 atom stereocenters. The Kier molecular flexibility index (Phi) is 2.99. The van der Waals surface area contributed by atoms with Gasteiger partial charge in [0.1, 0.15) is 6.10 Å². The monoisotopic (exact) mass is 192 g/mol. The zero-order valence-corrected chi connectivity index (χ0v) is 8.52. The highest BCUT2D eigenvalue weighted by Crippen LogP contribution is 2.15. The summed E-state index contributed by atoms with van der Waals surface area (Å²) < 4.78 is 5.77. The maximum absolute atomic E-state index is 5.77. The minimum absolute atomic E-state index is 0.348. The van der Waals surface area contributed by atoms with Crippen LogP contribution in [0.5, 0.6) is 5.88 Å². The van der Waals surface area contributed by atoms with Gasteiger partial charge in [0.15, 0.2) is 0 Å². The third-order valence-electron chi connectivity index (χ3n) is 2.59. The number of pyridine rings is 1. The van der Waals surface area contributed by atoms with Crippen molar-refractivity contribution in [3.63, 3.8) is 0 Å². The van der Waals surface area contributed by atoms with Crippen molar-refractivity contribution in [3.05, 3.63) is 24.4 Å². The Morgan fingerprint density at radius 3 is 2.79 bits per heavy atom. The van der Waals surface area contributed by atoms with E-state index in [1.807, 2.05) is 18.2 Å². The predicted molar refractivity (Wildman–Crippen MR) is 55.4 cm³/mol. The molecular weight excluding hydrogens is 176 g/mol. The van der Waals surface area contributed by atoms with E-state index in [4.69, 9.17) is 4.74 Å². The van der Waals surface area contributed by atoms with Crippen LogP contribution < -0.4 is 4.74 Å². The summed E-state index contributed by atoms with van der Waals surface area (Å²) in [6.45, 7) is 2.25. The molecule has 0 N–H and O–H groups in total. The molecule has 1 saturated heterocycles. The second kappa shape index (κ2) is 4.42. The van der Waals surface area contributed by atoms with Crippen molar-refractivity contribution in [2.24, 2.45) is 0 Å². The molecular formula is C11H16N2O. The maximum Gasteiger partial charge on any atom is 0.213 e. The molecule has 1 aromatic heterocycles. The van der Waals surface area contributed by atoms with E-state index in [0.717, 1.165) is 31.8 Å². The Hall–Kier alpha value is -1.09. The molecule has 0 bridgehead atoms. The fourth-order valence-corrected chi connectivity index (χ4v) is 1.69. The number of hydrogen-bond acceptors (Lipinski definition) is 3. The molecule has 1 aliphatic rings. The van der Waals surface area contributed by atoms with Gasteiger partial charge in [-0.3, -0.25) is 0 Å². The molecule has 3 nitrogen and oxygen atoms in total. The second-order valence-corrected chi connectivity index (χ2v) is 3.79. The molecule has 3 heteroatoms. The van der Waals surface area contributed by atoms with Crippen LogP contribution in [0.15, 0.2) is 24.4 Å². The average molecular weight is 192 g/mol. The Morgan fingerprint density at radius 1 is 1.36 bits per heavy atom. The molecule has 2 heterocycles. The number of rotatable bonds is 2. The number of piperidine rings is 1. The van der Waals surface area contributed by atoms with Crippen LogP contribution in [0.2, 0.25) is 0 Å². The number of nitrogens with zero attached hydrogens (tertiary/aromatic N) is 2. The highest BCUT2D eigenvalue weighted by molar-refractivity contribution is 5.09. The van der Waals surface area contributed by atoms with E-state index in [2.05, 4.69) is 16.9 Å². The maximum atomic E-state index is 5.77. The summed E-state index contributed by atoms with van der Waals surface area (Å²) in [7, 11) is 2.15. The lowest BCUT2D eigenvalue weighted by molar-refractivity contribution is 0.110. The summed E-state index contributed by atoms with van der Waals surface area (Å²) in [5.41, 5.74) is 0. The largest absolute Gasteiger partial charge is 0.474 e. The number of hydrogen-bond donors (Lipinski definition) is 0. The summed E-state index contributed by atoms with van der Waals surface area (Å²) in [4.78, 5) is 6.49. The van der Waals surface area contributed by atoms with Gasteiger partial charge in [-0.1, -0.05) is 6.07 Å². The Labute approximate surface area is 84.7 Å². The van der Waals surface area contributed by atoms with Crippen LogP contribution in [0.3, 0.4) is 0 Å². The van der Waals surface area contributed by atoms with Crippen molar-refractivity contribution in [1.82, 2.24) is 9.88 Å². The number of ether oxygens (including phenoxy) is 1. The van der Waals surface area contributed by atoms with E-state index in [0.29, 0.717) is 6.10 Å². The minimum Gasteiger partial charge on any atom is -0.474 e. The third kappa shape index (κ3) is 2.45. The van der Waals surface area contributed by atoms with Crippen LogP contribution in [0, 0.1) is 0 Å². The Balaban J connectivity index is 1.87. The summed E-state index contributed by atoms with van der Waals surface area (Å²) in [5.74, 6) is 0.752. The van der Waals surface area contributed by atoms with Crippen LogP contribution in [0.4, 0.5) is 0 Å². The Bertz CT molecular complexity index is 268. The smallest absolute Gasteiger partial charge is 0.213 e. The summed E-state index contributed by atoms with van der Waals surface area (Å²) in [6, 6.07) is 5.77. The van der Waals surface area contributed by atoms with Crippen molar-refractivity contribution in [2.45, 2.75) is 18.9 Å². The van der Waals surface area contributed by atoms with Crippen LogP contribution >= 0.6 is 0 Å².